The normalized spacial score (nSPS) is 10.0. The van der Waals surface area contributed by atoms with Gasteiger partial charge in [0.25, 0.3) is 0 Å². The molecule has 0 fully saturated rings. The maximum atomic E-state index is 11.0. The number of halogens is 1. The van der Waals surface area contributed by atoms with E-state index >= 15 is 0 Å². The van der Waals surface area contributed by atoms with E-state index in [0.29, 0.717) is 6.42 Å². The summed E-state index contributed by atoms with van der Waals surface area (Å²) in [6.45, 7) is 8.60. The fraction of sp³-hybridized carbons (Fsp3) is 0.231. The van der Waals surface area contributed by atoms with E-state index in [1.54, 1.807) is 6.92 Å². The molecule has 0 N–H and O–H groups in total. The maximum absolute atomic E-state index is 11.0. The van der Waals surface area contributed by atoms with Crippen LogP contribution in [0.5, 0.6) is 0 Å². The predicted octanol–water partition coefficient (Wildman–Crippen LogP) is 6.47. The highest BCUT2D eigenvalue weighted by Crippen LogP contribution is 2.17. The summed E-state index contributed by atoms with van der Waals surface area (Å²) in [6.07, 6.45) is 0.492. The summed E-state index contributed by atoms with van der Waals surface area (Å²) in [6, 6.07) is 19.8. The number of carbonyl (C=O) groups excluding carboxylic acids is 2. The van der Waals surface area contributed by atoms with E-state index in [0.717, 1.165) is 43.8 Å². The average molecular weight is 435 g/mol. The van der Waals surface area contributed by atoms with Gasteiger partial charge < -0.3 is 4.79 Å². The second-order valence-corrected chi connectivity index (χ2v) is 7.99. The minimum atomic E-state index is 0.167. The summed E-state index contributed by atoms with van der Waals surface area (Å²) in [4.78, 5) is 29.2. The number of nitrogens with zero attached hydrogens (tertiary/aromatic N) is 2. The van der Waals surface area contributed by atoms with E-state index in [9.17, 15) is 9.59 Å². The first-order valence-electron chi connectivity index (χ1n) is 10.00. The minimum absolute atomic E-state index is 0.167. The van der Waals surface area contributed by atoms with Gasteiger partial charge in [-0.1, -0.05) is 41.9 Å². The monoisotopic (exact) mass is 434 g/mol. The summed E-state index contributed by atoms with van der Waals surface area (Å²) < 4.78 is 0. The van der Waals surface area contributed by atoms with Crippen molar-refractivity contribution in [3.05, 3.63) is 82.6 Å². The molecule has 31 heavy (non-hydrogen) atoms. The number of Topliss-reactive ketones (excluding diaryl/α,β-unsaturated/α-hetero) is 2. The number of aromatic nitrogens is 2. The second kappa shape index (κ2) is 11.3. The van der Waals surface area contributed by atoms with Crippen LogP contribution < -0.4 is 0 Å². The predicted molar refractivity (Wildman–Crippen MR) is 129 cm³/mol. The first-order valence-corrected chi connectivity index (χ1v) is 10.4. The third-order valence-electron chi connectivity index (χ3n) is 4.14. The van der Waals surface area contributed by atoms with E-state index in [1.165, 1.54) is 13.8 Å². The first-order chi connectivity index (χ1) is 14.6. The Labute approximate surface area is 188 Å². The summed E-state index contributed by atoms with van der Waals surface area (Å²) in [5.41, 5.74) is 4.98. The smallest absolute Gasteiger partial charge is 0.134 e. The van der Waals surface area contributed by atoms with Crippen LogP contribution in [0, 0.1) is 13.8 Å². The molecule has 0 saturated heterocycles. The zero-order valence-electron chi connectivity index (χ0n) is 18.6. The number of hydrogen-bond acceptors (Lipinski definition) is 4. The van der Waals surface area contributed by atoms with Gasteiger partial charge in [-0.3, -0.25) is 14.8 Å². The summed E-state index contributed by atoms with van der Waals surface area (Å²) in [5, 5.41) is 2.98. The SMILES string of the molecule is CC(=O)Cc1ccc2ccc(C)nc2c1.CC(C)=O.Cc1ccc2ccc(Cl)cc2n1. The summed E-state index contributed by atoms with van der Waals surface area (Å²) >= 11 is 5.83. The quantitative estimate of drug-likeness (QED) is 0.363. The molecule has 4 aromatic rings. The van der Waals surface area contributed by atoms with Crippen molar-refractivity contribution in [3.8, 4) is 0 Å². The summed E-state index contributed by atoms with van der Waals surface area (Å²) in [5.74, 6) is 0.349. The van der Waals surface area contributed by atoms with E-state index in [-0.39, 0.29) is 11.6 Å². The van der Waals surface area contributed by atoms with Gasteiger partial charge in [0, 0.05) is 33.6 Å². The molecule has 2 heterocycles. The lowest BCUT2D eigenvalue weighted by Gasteiger charge is -2.02. The van der Waals surface area contributed by atoms with Crippen molar-refractivity contribution in [3.63, 3.8) is 0 Å². The van der Waals surface area contributed by atoms with E-state index in [4.69, 9.17) is 11.6 Å². The average Bonchev–Trinajstić information content (AvgIpc) is 2.67. The van der Waals surface area contributed by atoms with Crippen LogP contribution in [0.4, 0.5) is 0 Å². The zero-order valence-corrected chi connectivity index (χ0v) is 19.3. The number of carbonyl (C=O) groups is 2. The number of aryl methyl sites for hydroxylation is 2. The largest absolute Gasteiger partial charge is 0.300 e. The molecule has 0 bridgehead atoms. The fourth-order valence-electron chi connectivity index (χ4n) is 2.85. The highest BCUT2D eigenvalue weighted by molar-refractivity contribution is 6.31. The fourth-order valence-corrected chi connectivity index (χ4v) is 3.02. The summed E-state index contributed by atoms with van der Waals surface area (Å²) in [7, 11) is 0. The second-order valence-electron chi connectivity index (χ2n) is 7.56. The third kappa shape index (κ3) is 8.27. The van der Waals surface area contributed by atoms with Gasteiger partial charge in [-0.2, -0.15) is 0 Å². The zero-order chi connectivity index (χ0) is 23.0. The maximum Gasteiger partial charge on any atom is 0.134 e. The Bertz CT molecular complexity index is 1180. The van der Waals surface area contributed by atoms with Crippen molar-refractivity contribution in [2.45, 2.75) is 41.0 Å². The van der Waals surface area contributed by atoms with E-state index in [2.05, 4.69) is 16.0 Å². The van der Waals surface area contributed by atoms with Crippen LogP contribution in [0.1, 0.15) is 37.7 Å². The molecule has 0 spiro atoms. The van der Waals surface area contributed by atoms with Gasteiger partial charge in [-0.05, 0) is 70.5 Å². The van der Waals surface area contributed by atoms with Crippen molar-refractivity contribution in [2.75, 3.05) is 0 Å². The lowest BCUT2D eigenvalue weighted by Crippen LogP contribution is -1.96. The number of pyridine rings is 2. The number of fused-ring (bicyclic) bond motifs is 2. The molecule has 0 radical (unpaired) electrons. The molecule has 5 heteroatoms. The van der Waals surface area contributed by atoms with E-state index in [1.807, 2.05) is 68.4 Å². The molecule has 2 aromatic carbocycles. The molecule has 160 valence electrons. The molecule has 2 aromatic heterocycles. The Kier molecular flexibility index (Phi) is 8.83. The van der Waals surface area contributed by atoms with Crippen LogP contribution in [0.25, 0.3) is 21.8 Å². The van der Waals surface area contributed by atoms with Crippen LogP contribution in [-0.4, -0.2) is 21.5 Å². The molecule has 0 aliphatic heterocycles. The number of ketones is 2. The molecule has 0 saturated carbocycles. The number of benzene rings is 2. The van der Waals surface area contributed by atoms with Crippen LogP contribution in [0.2, 0.25) is 5.02 Å². The minimum Gasteiger partial charge on any atom is -0.300 e. The lowest BCUT2D eigenvalue weighted by molar-refractivity contribution is -0.116. The van der Waals surface area contributed by atoms with Crippen molar-refractivity contribution in [1.82, 2.24) is 9.97 Å². The Morgan fingerprint density at radius 1 is 0.742 bits per heavy atom. The van der Waals surface area contributed by atoms with Gasteiger partial charge in [0.05, 0.1) is 11.0 Å². The molecule has 4 nitrogen and oxygen atoms in total. The lowest BCUT2D eigenvalue weighted by atomic mass is 10.1. The van der Waals surface area contributed by atoms with Crippen molar-refractivity contribution in [2.24, 2.45) is 0 Å². The first kappa shape index (κ1) is 24.2. The Hall–Kier alpha value is -3.11. The highest BCUT2D eigenvalue weighted by Gasteiger charge is 2.00. The Morgan fingerprint density at radius 3 is 1.71 bits per heavy atom. The van der Waals surface area contributed by atoms with Crippen LogP contribution in [0.15, 0.2) is 60.7 Å². The van der Waals surface area contributed by atoms with Gasteiger partial charge in [0.1, 0.15) is 11.6 Å². The van der Waals surface area contributed by atoms with Crippen molar-refractivity contribution in [1.29, 1.82) is 0 Å². The third-order valence-corrected chi connectivity index (χ3v) is 4.38. The van der Waals surface area contributed by atoms with Gasteiger partial charge >= 0.3 is 0 Å². The molecular weight excluding hydrogens is 408 g/mol. The van der Waals surface area contributed by atoms with Gasteiger partial charge in [0.2, 0.25) is 0 Å². The molecule has 4 rings (SSSR count). The van der Waals surface area contributed by atoms with Crippen molar-refractivity contribution >= 4 is 45.0 Å². The Balaban J connectivity index is 0.000000192. The molecule has 0 aliphatic carbocycles. The standard InChI is InChI=1S/C13H13NO.C10H8ClN.C3H6O/c1-9-3-5-12-6-4-11(7-10(2)15)8-13(12)14-9;1-7-2-3-8-4-5-9(11)6-10(8)12-7;1-3(2)4/h3-6,8H,7H2,1-2H3;2-6H,1H3;1-2H3. The molecule has 0 amide bonds. The van der Waals surface area contributed by atoms with Crippen LogP contribution >= 0.6 is 11.6 Å². The highest BCUT2D eigenvalue weighted by atomic mass is 35.5. The molecule has 0 aliphatic rings. The molecule has 0 atom stereocenters. The van der Waals surface area contributed by atoms with Crippen LogP contribution in [-0.2, 0) is 16.0 Å². The van der Waals surface area contributed by atoms with E-state index < -0.39 is 0 Å². The topological polar surface area (TPSA) is 59.9 Å². The van der Waals surface area contributed by atoms with Crippen molar-refractivity contribution < 1.29 is 9.59 Å². The number of hydrogen-bond donors (Lipinski definition) is 0. The van der Waals surface area contributed by atoms with Gasteiger partial charge in [0.15, 0.2) is 0 Å². The number of rotatable bonds is 2. The Morgan fingerprint density at radius 2 is 1.19 bits per heavy atom. The molecule has 0 unspecified atom stereocenters. The van der Waals surface area contributed by atoms with Gasteiger partial charge in [-0.25, -0.2) is 0 Å². The van der Waals surface area contributed by atoms with Crippen LogP contribution in [0.3, 0.4) is 0 Å². The van der Waals surface area contributed by atoms with Gasteiger partial charge in [-0.15, -0.1) is 0 Å². The molecular formula is C26H27ClN2O2.